The second kappa shape index (κ2) is 8.57. The van der Waals surface area contributed by atoms with Crippen molar-refractivity contribution in [2.75, 3.05) is 6.54 Å². The lowest BCUT2D eigenvalue weighted by molar-refractivity contribution is -0.123. The van der Waals surface area contributed by atoms with Crippen molar-refractivity contribution in [1.29, 1.82) is 0 Å². The zero-order valence-electron chi connectivity index (χ0n) is 16.8. The number of fused-ring (bicyclic) bond motifs is 1. The lowest BCUT2D eigenvalue weighted by Gasteiger charge is -2.11. The summed E-state index contributed by atoms with van der Waals surface area (Å²) in [7, 11) is 0. The number of halogens is 5. The first-order chi connectivity index (χ1) is 15.6. The Morgan fingerprint density at radius 3 is 2.45 bits per heavy atom. The van der Waals surface area contributed by atoms with Gasteiger partial charge in [0.1, 0.15) is 18.2 Å². The number of nitrogens with zero attached hydrogens (tertiary/aromatic N) is 2. The monoisotopic (exact) mass is 462 g/mol. The van der Waals surface area contributed by atoms with Crippen molar-refractivity contribution in [3.63, 3.8) is 0 Å². The molecule has 0 radical (unpaired) electrons. The molecule has 6 nitrogen and oxygen atoms in total. The first-order valence-corrected chi connectivity index (χ1v) is 9.67. The van der Waals surface area contributed by atoms with Gasteiger partial charge < -0.3 is 10.6 Å². The number of benzene rings is 1. The average Bonchev–Trinajstić information content (AvgIpc) is 3.13. The molecule has 170 valence electrons. The minimum atomic E-state index is -4.54. The van der Waals surface area contributed by atoms with Crippen molar-refractivity contribution in [2.45, 2.75) is 19.1 Å². The first kappa shape index (κ1) is 22.3. The van der Waals surface area contributed by atoms with Crippen molar-refractivity contribution in [3.05, 3.63) is 82.3 Å². The zero-order valence-corrected chi connectivity index (χ0v) is 16.8. The van der Waals surface area contributed by atoms with E-state index in [1.165, 1.54) is 24.3 Å². The van der Waals surface area contributed by atoms with Gasteiger partial charge in [0.15, 0.2) is 0 Å². The quantitative estimate of drug-likeness (QED) is 0.569. The van der Waals surface area contributed by atoms with E-state index in [-0.39, 0.29) is 35.3 Å². The predicted octanol–water partition coefficient (Wildman–Crippen LogP) is 3.55. The summed E-state index contributed by atoms with van der Waals surface area (Å²) in [5, 5.41) is 4.36. The number of hydrogen-bond donors (Lipinski definition) is 2. The van der Waals surface area contributed by atoms with Gasteiger partial charge in [-0.3, -0.25) is 14.6 Å². The molecule has 1 aliphatic heterocycles. The number of carbonyl (C=O) groups excluding carboxylic acids is 2. The molecule has 2 aromatic heterocycles. The number of alkyl halides is 3. The lowest BCUT2D eigenvalue weighted by atomic mass is 9.98. The number of amides is 2. The summed E-state index contributed by atoms with van der Waals surface area (Å²) >= 11 is 0. The molecule has 3 aromatic rings. The molecule has 0 unspecified atom stereocenters. The molecular weight excluding hydrogens is 447 g/mol. The Morgan fingerprint density at radius 2 is 1.82 bits per heavy atom. The topological polar surface area (TPSA) is 84.0 Å². The van der Waals surface area contributed by atoms with Gasteiger partial charge in [-0.15, -0.1) is 0 Å². The maximum Gasteiger partial charge on any atom is 0.405 e. The van der Waals surface area contributed by atoms with E-state index in [0.29, 0.717) is 17.0 Å². The normalized spacial score (nSPS) is 12.9. The Morgan fingerprint density at radius 1 is 1.09 bits per heavy atom. The SMILES string of the molecule is O=C(NCC(F)(F)F)c1ccc(Cc2cc(-c3c(F)cccc3F)nc3c2C(=O)NC3)nc1. The van der Waals surface area contributed by atoms with E-state index in [1.54, 1.807) is 5.32 Å². The molecule has 0 aliphatic carbocycles. The molecule has 0 saturated carbocycles. The van der Waals surface area contributed by atoms with E-state index < -0.39 is 36.2 Å². The number of nitrogens with one attached hydrogen (secondary N) is 2. The van der Waals surface area contributed by atoms with Crippen LogP contribution in [0.1, 0.15) is 37.7 Å². The summed E-state index contributed by atoms with van der Waals surface area (Å²) < 4.78 is 65.4. The third-order valence-electron chi connectivity index (χ3n) is 4.95. The number of carbonyl (C=O) groups is 2. The molecule has 11 heteroatoms. The van der Waals surface area contributed by atoms with Crippen LogP contribution >= 0.6 is 0 Å². The fraction of sp³-hybridized carbons (Fsp3) is 0.182. The van der Waals surface area contributed by atoms with Crippen molar-refractivity contribution in [2.24, 2.45) is 0 Å². The number of hydrogen-bond acceptors (Lipinski definition) is 4. The smallest absolute Gasteiger partial charge is 0.346 e. The van der Waals surface area contributed by atoms with Crippen LogP contribution in [0, 0.1) is 11.6 Å². The van der Waals surface area contributed by atoms with Gasteiger partial charge in [-0.2, -0.15) is 13.2 Å². The Labute approximate surface area is 183 Å². The van der Waals surface area contributed by atoms with Gasteiger partial charge in [-0.25, -0.2) is 13.8 Å². The summed E-state index contributed by atoms with van der Waals surface area (Å²) in [6, 6.07) is 7.54. The highest BCUT2D eigenvalue weighted by Crippen LogP contribution is 2.30. The molecule has 0 fully saturated rings. The summed E-state index contributed by atoms with van der Waals surface area (Å²) in [6.45, 7) is -1.38. The molecule has 2 N–H and O–H groups in total. The van der Waals surface area contributed by atoms with E-state index >= 15 is 0 Å². The molecule has 4 rings (SSSR count). The minimum absolute atomic E-state index is 0.0130. The lowest BCUT2D eigenvalue weighted by Crippen LogP contribution is -2.33. The fourth-order valence-electron chi connectivity index (χ4n) is 3.46. The van der Waals surface area contributed by atoms with Crippen LogP contribution in [0.15, 0.2) is 42.6 Å². The number of rotatable bonds is 5. The van der Waals surface area contributed by atoms with Crippen molar-refractivity contribution in [1.82, 2.24) is 20.6 Å². The van der Waals surface area contributed by atoms with Gasteiger partial charge >= 0.3 is 6.18 Å². The number of aromatic nitrogens is 2. The Bertz CT molecular complexity index is 1220. The Hall–Kier alpha value is -3.89. The molecule has 0 bridgehead atoms. The molecule has 0 saturated heterocycles. The molecule has 1 aromatic carbocycles. The van der Waals surface area contributed by atoms with Crippen LogP contribution in [0.5, 0.6) is 0 Å². The van der Waals surface area contributed by atoms with E-state index in [2.05, 4.69) is 15.3 Å². The first-order valence-electron chi connectivity index (χ1n) is 9.67. The summed E-state index contributed by atoms with van der Waals surface area (Å²) in [6.07, 6.45) is -3.37. The van der Waals surface area contributed by atoms with Crippen molar-refractivity contribution < 1.29 is 31.5 Å². The summed E-state index contributed by atoms with van der Waals surface area (Å²) in [5.41, 5.74) is 1.01. The molecule has 1 aliphatic rings. The maximum absolute atomic E-state index is 14.3. The van der Waals surface area contributed by atoms with Gasteiger partial charge in [-0.05, 0) is 35.9 Å². The van der Waals surface area contributed by atoms with Gasteiger partial charge in [-0.1, -0.05) is 6.07 Å². The summed E-state index contributed by atoms with van der Waals surface area (Å²) in [4.78, 5) is 32.5. The van der Waals surface area contributed by atoms with Gasteiger partial charge in [0, 0.05) is 18.3 Å². The van der Waals surface area contributed by atoms with Crippen molar-refractivity contribution >= 4 is 11.8 Å². The van der Waals surface area contributed by atoms with E-state index in [0.717, 1.165) is 18.3 Å². The largest absolute Gasteiger partial charge is 0.405 e. The Kier molecular flexibility index (Phi) is 5.79. The van der Waals surface area contributed by atoms with Crippen LogP contribution in [0.25, 0.3) is 11.3 Å². The standard InChI is InChI=1S/C22H15F5N4O2/c23-14-2-1-3-15(24)19(14)16-7-12(18-17(31-16)9-29-21(18)33)6-13-5-4-11(8-28-13)20(32)30-10-22(25,26)27/h1-5,7-8H,6,9-10H2,(H,29,33)(H,30,32). The summed E-state index contributed by atoms with van der Waals surface area (Å²) in [5.74, 6) is -2.94. The average molecular weight is 462 g/mol. The van der Waals surface area contributed by atoms with Crippen LogP contribution in [0.3, 0.4) is 0 Å². The third kappa shape index (κ3) is 4.81. The fourth-order valence-corrected chi connectivity index (χ4v) is 3.46. The van der Waals surface area contributed by atoms with E-state index in [9.17, 15) is 31.5 Å². The second-order valence-electron chi connectivity index (χ2n) is 7.28. The van der Waals surface area contributed by atoms with Gasteiger partial charge in [0.25, 0.3) is 11.8 Å². The second-order valence-corrected chi connectivity index (χ2v) is 7.28. The molecular formula is C22H15F5N4O2. The van der Waals surface area contributed by atoms with Gasteiger partial charge in [0.2, 0.25) is 0 Å². The number of pyridine rings is 2. The molecule has 0 spiro atoms. The van der Waals surface area contributed by atoms with Crippen LogP contribution in [0.4, 0.5) is 22.0 Å². The zero-order chi connectivity index (χ0) is 23.8. The molecule has 3 heterocycles. The van der Waals surface area contributed by atoms with Crippen LogP contribution in [0.2, 0.25) is 0 Å². The van der Waals surface area contributed by atoms with E-state index in [1.807, 2.05) is 0 Å². The highest BCUT2D eigenvalue weighted by Gasteiger charge is 2.28. The van der Waals surface area contributed by atoms with Gasteiger partial charge in [0.05, 0.1) is 34.6 Å². The minimum Gasteiger partial charge on any atom is -0.346 e. The molecule has 33 heavy (non-hydrogen) atoms. The van der Waals surface area contributed by atoms with E-state index in [4.69, 9.17) is 0 Å². The maximum atomic E-state index is 14.3. The van der Waals surface area contributed by atoms with Crippen LogP contribution < -0.4 is 10.6 Å². The Balaban J connectivity index is 1.64. The van der Waals surface area contributed by atoms with Crippen LogP contribution in [-0.4, -0.2) is 34.5 Å². The highest BCUT2D eigenvalue weighted by atomic mass is 19.4. The molecule has 2 amide bonds. The molecule has 0 atom stereocenters. The highest BCUT2D eigenvalue weighted by molar-refractivity contribution is 5.99. The third-order valence-corrected chi connectivity index (χ3v) is 4.95. The van der Waals surface area contributed by atoms with Crippen molar-refractivity contribution in [3.8, 4) is 11.3 Å². The predicted molar refractivity (Wildman–Crippen MR) is 106 cm³/mol. The van der Waals surface area contributed by atoms with Crippen LogP contribution in [-0.2, 0) is 13.0 Å².